The molecule has 1 aromatic rings. The van der Waals surface area contributed by atoms with Crippen LogP contribution in [-0.4, -0.2) is 92.1 Å². The van der Waals surface area contributed by atoms with Crippen LogP contribution in [-0.2, 0) is 19.4 Å². The maximum atomic E-state index is 13.9. The van der Waals surface area contributed by atoms with E-state index < -0.39 is 63.2 Å². The number of nitrogens with one attached hydrogen (secondary N) is 1. The van der Waals surface area contributed by atoms with Gasteiger partial charge in [-0.2, -0.15) is 5.26 Å². The highest BCUT2D eigenvalue weighted by atomic mass is 35.5. The van der Waals surface area contributed by atoms with Crippen molar-refractivity contribution in [3.63, 3.8) is 0 Å². The summed E-state index contributed by atoms with van der Waals surface area (Å²) in [6.07, 6.45) is 2.63. The van der Waals surface area contributed by atoms with Crippen molar-refractivity contribution in [2.24, 2.45) is 11.8 Å². The fourth-order valence-corrected chi connectivity index (χ4v) is 8.93. The van der Waals surface area contributed by atoms with Crippen LogP contribution in [0.15, 0.2) is 23.1 Å². The number of nitriles is 1. The lowest BCUT2D eigenvalue weighted by Crippen LogP contribution is -2.47. The Kier molecular flexibility index (Phi) is 7.22. The van der Waals surface area contributed by atoms with Crippen LogP contribution in [0.3, 0.4) is 0 Å². The van der Waals surface area contributed by atoms with Crippen molar-refractivity contribution in [2.75, 3.05) is 44.2 Å². The second-order valence-corrected chi connectivity index (χ2v) is 14.9. The third-order valence-electron chi connectivity index (χ3n) is 9.38. The second-order valence-electron chi connectivity index (χ2n) is 12.3. The quantitative estimate of drug-likeness (QED) is 0.506. The van der Waals surface area contributed by atoms with Crippen LogP contribution in [0.1, 0.15) is 44.9 Å². The van der Waals surface area contributed by atoms with Gasteiger partial charge < -0.3 is 15.1 Å². The molecule has 41 heavy (non-hydrogen) atoms. The molecule has 5 fully saturated rings. The largest absolute Gasteiger partial charge is 0.369 e. The fourth-order valence-electron chi connectivity index (χ4n) is 6.57. The Morgan fingerprint density at radius 2 is 1.71 bits per heavy atom. The van der Waals surface area contributed by atoms with Crippen molar-refractivity contribution >= 4 is 38.9 Å². The molecule has 0 radical (unpaired) electrons. The van der Waals surface area contributed by atoms with E-state index in [0.29, 0.717) is 18.9 Å². The van der Waals surface area contributed by atoms with Gasteiger partial charge in [0.25, 0.3) is 5.92 Å². The summed E-state index contributed by atoms with van der Waals surface area (Å²) in [5.41, 5.74) is -0.173. The number of hydrogen-bond acceptors (Lipinski definition) is 7. The summed E-state index contributed by atoms with van der Waals surface area (Å²) in [7, 11) is -4.06. The van der Waals surface area contributed by atoms with Crippen molar-refractivity contribution in [3.8, 4) is 6.07 Å². The molecule has 3 aliphatic carbocycles. The van der Waals surface area contributed by atoms with Gasteiger partial charge in [-0.15, -0.1) is 0 Å². The van der Waals surface area contributed by atoms with E-state index in [9.17, 15) is 32.0 Å². The average Bonchev–Trinajstić information content (AvgIpc) is 3.86. The first kappa shape index (κ1) is 28.6. The molecule has 3 atom stereocenters. The van der Waals surface area contributed by atoms with Gasteiger partial charge in [-0.05, 0) is 56.7 Å². The number of benzene rings is 1. The van der Waals surface area contributed by atoms with Crippen LogP contribution in [0.5, 0.6) is 0 Å². The highest BCUT2D eigenvalue weighted by molar-refractivity contribution is 7.92. The van der Waals surface area contributed by atoms with E-state index in [1.807, 2.05) is 0 Å². The van der Waals surface area contributed by atoms with Crippen LogP contribution in [0.25, 0.3) is 0 Å². The smallest absolute Gasteiger partial charge is 0.267 e. The maximum Gasteiger partial charge on any atom is 0.267 e. The minimum atomic E-state index is -4.06. The minimum Gasteiger partial charge on any atom is -0.369 e. The standard InChI is InChI=1S/C28H34ClF2N5O4S/c29-23-13-19(35-11-9-34(10-12-35)18-1-2-18)3-4-24(23)41(39,40)20-14-21(25(37)33-27(16-32)5-6-27)22(15-20)26(38)36-8-7-28(30,31)17-36/h3-4,13,18,20-22H,1-2,5-12,14-15,17H2,(H,33,37)/t20-,21-,22-/m1/s1. The van der Waals surface area contributed by atoms with Crippen LogP contribution < -0.4 is 10.2 Å². The van der Waals surface area contributed by atoms with E-state index in [4.69, 9.17) is 11.6 Å². The molecule has 0 aromatic heterocycles. The topological polar surface area (TPSA) is 114 Å². The Balaban J connectivity index is 1.21. The first-order valence-corrected chi connectivity index (χ1v) is 16.3. The zero-order valence-corrected chi connectivity index (χ0v) is 24.3. The van der Waals surface area contributed by atoms with E-state index in [0.717, 1.165) is 36.8 Å². The predicted molar refractivity (Wildman–Crippen MR) is 147 cm³/mol. The minimum absolute atomic E-state index is 0.0693. The molecule has 2 saturated heterocycles. The van der Waals surface area contributed by atoms with Crippen molar-refractivity contribution in [1.82, 2.24) is 15.1 Å². The van der Waals surface area contributed by atoms with Crippen molar-refractivity contribution in [1.29, 1.82) is 5.26 Å². The predicted octanol–water partition coefficient (Wildman–Crippen LogP) is 2.83. The molecular formula is C28H34ClF2N5O4S. The lowest BCUT2D eigenvalue weighted by molar-refractivity contribution is -0.141. The molecule has 0 bridgehead atoms. The van der Waals surface area contributed by atoms with Gasteiger partial charge in [0.2, 0.25) is 11.8 Å². The summed E-state index contributed by atoms with van der Waals surface area (Å²) in [5.74, 6) is -6.38. The molecule has 222 valence electrons. The van der Waals surface area contributed by atoms with Crippen molar-refractivity contribution in [2.45, 2.75) is 72.6 Å². The summed E-state index contributed by atoms with van der Waals surface area (Å²) in [6, 6.07) is 7.64. The van der Waals surface area contributed by atoms with Crippen LogP contribution in [0.4, 0.5) is 14.5 Å². The van der Waals surface area contributed by atoms with Gasteiger partial charge in [-0.3, -0.25) is 14.5 Å². The molecule has 1 aromatic carbocycles. The van der Waals surface area contributed by atoms with E-state index in [-0.39, 0.29) is 29.3 Å². The monoisotopic (exact) mass is 609 g/mol. The molecule has 5 aliphatic rings. The summed E-state index contributed by atoms with van der Waals surface area (Å²) >= 11 is 6.56. The van der Waals surface area contributed by atoms with Gasteiger partial charge in [0.1, 0.15) is 5.54 Å². The number of piperazine rings is 1. The summed E-state index contributed by atoms with van der Waals surface area (Å²) < 4.78 is 55.5. The van der Waals surface area contributed by atoms with Crippen LogP contribution in [0, 0.1) is 23.2 Å². The SMILES string of the molecule is N#CC1(NC(=O)[C@@H]2C[C@@H](S(=O)(=O)c3ccc(N4CCN(C5CC5)CC4)cc3Cl)C[C@H]2C(=O)N2CCC(F)(F)C2)CC1. The number of nitrogens with zero attached hydrogens (tertiary/aromatic N) is 4. The van der Waals surface area contributed by atoms with Gasteiger partial charge in [0, 0.05) is 50.9 Å². The van der Waals surface area contributed by atoms with E-state index in [2.05, 4.69) is 21.2 Å². The Morgan fingerprint density at radius 3 is 2.27 bits per heavy atom. The van der Waals surface area contributed by atoms with E-state index in [1.165, 1.54) is 18.9 Å². The molecule has 6 rings (SSSR count). The third kappa shape index (κ3) is 5.65. The first-order valence-electron chi connectivity index (χ1n) is 14.3. The number of carbonyl (C=O) groups is 2. The Labute approximate surface area is 243 Å². The van der Waals surface area contributed by atoms with Gasteiger partial charge in [0.15, 0.2) is 9.84 Å². The van der Waals surface area contributed by atoms with Crippen molar-refractivity contribution in [3.05, 3.63) is 23.2 Å². The molecule has 0 spiro atoms. The number of sulfone groups is 1. The number of likely N-dealkylation sites (tertiary alicyclic amines) is 1. The van der Waals surface area contributed by atoms with Gasteiger partial charge in [-0.1, -0.05) is 11.6 Å². The molecule has 13 heteroatoms. The molecule has 9 nitrogen and oxygen atoms in total. The Morgan fingerprint density at radius 1 is 1.02 bits per heavy atom. The molecule has 3 saturated carbocycles. The fraction of sp³-hybridized carbons (Fsp3) is 0.679. The average molecular weight is 610 g/mol. The molecule has 2 aliphatic heterocycles. The highest BCUT2D eigenvalue weighted by Gasteiger charge is 2.53. The zero-order chi connectivity index (χ0) is 29.2. The number of carbonyl (C=O) groups excluding carboxylic acids is 2. The zero-order valence-electron chi connectivity index (χ0n) is 22.7. The number of rotatable bonds is 7. The molecule has 1 N–H and O–H groups in total. The van der Waals surface area contributed by atoms with Crippen LogP contribution >= 0.6 is 11.6 Å². The van der Waals surface area contributed by atoms with E-state index in [1.54, 1.807) is 12.1 Å². The molecule has 2 heterocycles. The van der Waals surface area contributed by atoms with Crippen molar-refractivity contribution < 1.29 is 26.8 Å². The Bertz CT molecular complexity index is 1390. The number of hydrogen-bond donors (Lipinski definition) is 1. The van der Waals surface area contributed by atoms with Crippen LogP contribution in [0.2, 0.25) is 5.02 Å². The molecule has 0 unspecified atom stereocenters. The molecule has 2 amide bonds. The Hall–Kier alpha value is -2.49. The lowest BCUT2D eigenvalue weighted by Gasteiger charge is -2.36. The summed E-state index contributed by atoms with van der Waals surface area (Å²) in [5, 5.41) is 11.1. The summed E-state index contributed by atoms with van der Waals surface area (Å²) in [4.78, 5) is 32.3. The lowest BCUT2D eigenvalue weighted by atomic mass is 9.93. The molecular weight excluding hydrogens is 576 g/mol. The number of anilines is 1. The summed E-state index contributed by atoms with van der Waals surface area (Å²) in [6.45, 7) is 2.62. The number of amides is 2. The van der Waals surface area contributed by atoms with E-state index >= 15 is 0 Å². The first-order chi connectivity index (χ1) is 19.4. The van der Waals surface area contributed by atoms with Gasteiger partial charge >= 0.3 is 0 Å². The second kappa shape index (κ2) is 10.3. The normalized spacial score (nSPS) is 29.3. The van der Waals surface area contributed by atoms with Gasteiger partial charge in [-0.25, -0.2) is 17.2 Å². The maximum absolute atomic E-state index is 13.9. The number of halogens is 3. The highest BCUT2D eigenvalue weighted by Crippen LogP contribution is 2.44. The number of alkyl halides is 2. The van der Waals surface area contributed by atoms with Gasteiger partial charge in [0.05, 0.1) is 39.6 Å². The third-order valence-corrected chi connectivity index (χ3v) is 12.0.